The lowest BCUT2D eigenvalue weighted by Gasteiger charge is -2.04. The Morgan fingerprint density at radius 2 is 2.05 bits per heavy atom. The first-order chi connectivity index (χ1) is 9.63. The van der Waals surface area contributed by atoms with Gasteiger partial charge in [-0.1, -0.05) is 35.1 Å². The Morgan fingerprint density at radius 3 is 2.80 bits per heavy atom. The molecule has 3 nitrogen and oxygen atoms in total. The van der Waals surface area contributed by atoms with Crippen LogP contribution in [0, 0.1) is 0 Å². The minimum Gasteiger partial charge on any atom is -0.298 e. The third-order valence-corrected chi connectivity index (χ3v) is 4.53. The van der Waals surface area contributed by atoms with E-state index in [0.717, 1.165) is 10.2 Å². The van der Waals surface area contributed by atoms with Gasteiger partial charge in [0.15, 0.2) is 5.13 Å². The second-order valence-corrected chi connectivity index (χ2v) is 6.39. The number of amides is 1. The number of aromatic nitrogens is 1. The average Bonchev–Trinajstić information content (AvgIpc) is 2.80. The summed E-state index contributed by atoms with van der Waals surface area (Å²) in [5.74, 6) is -0.215. The Labute approximate surface area is 132 Å². The van der Waals surface area contributed by atoms with E-state index in [1.165, 1.54) is 11.3 Å². The van der Waals surface area contributed by atoms with Crippen molar-refractivity contribution >= 4 is 60.1 Å². The Bertz CT molecular complexity index is 770. The molecule has 1 N–H and O–H groups in total. The van der Waals surface area contributed by atoms with Crippen LogP contribution in [-0.2, 0) is 0 Å². The van der Waals surface area contributed by atoms with E-state index in [0.29, 0.717) is 20.2 Å². The molecule has 3 aromatic rings. The fourth-order valence-electron chi connectivity index (χ4n) is 1.76. The number of carbonyl (C=O) groups excluding carboxylic acids is 1. The molecular weight excluding hydrogens is 360 g/mol. The molecule has 1 heterocycles. The molecule has 0 aliphatic rings. The maximum absolute atomic E-state index is 12.2. The summed E-state index contributed by atoms with van der Waals surface area (Å²) >= 11 is 10.6. The van der Waals surface area contributed by atoms with Gasteiger partial charge in [0.1, 0.15) is 0 Å². The van der Waals surface area contributed by atoms with Crippen LogP contribution < -0.4 is 5.32 Å². The largest absolute Gasteiger partial charge is 0.298 e. The van der Waals surface area contributed by atoms with Gasteiger partial charge in [0.25, 0.3) is 5.91 Å². The highest BCUT2D eigenvalue weighted by atomic mass is 79.9. The Kier molecular flexibility index (Phi) is 3.74. The smallest absolute Gasteiger partial charge is 0.258 e. The van der Waals surface area contributed by atoms with Crippen molar-refractivity contribution in [1.29, 1.82) is 0 Å². The number of hydrogen-bond donors (Lipinski definition) is 1. The number of rotatable bonds is 2. The lowest BCUT2D eigenvalue weighted by molar-refractivity contribution is 0.102. The van der Waals surface area contributed by atoms with E-state index in [4.69, 9.17) is 11.6 Å². The zero-order valence-corrected chi connectivity index (χ0v) is 13.2. The minimum absolute atomic E-state index is 0.215. The van der Waals surface area contributed by atoms with Gasteiger partial charge < -0.3 is 0 Å². The van der Waals surface area contributed by atoms with Gasteiger partial charge in [-0.25, -0.2) is 4.98 Å². The van der Waals surface area contributed by atoms with Gasteiger partial charge in [-0.2, -0.15) is 0 Å². The third-order valence-electron chi connectivity index (χ3n) is 2.69. The molecule has 20 heavy (non-hydrogen) atoms. The van der Waals surface area contributed by atoms with Crippen LogP contribution in [-0.4, -0.2) is 10.9 Å². The van der Waals surface area contributed by atoms with Crippen LogP contribution in [0.3, 0.4) is 0 Å². The molecule has 3 rings (SSSR count). The van der Waals surface area contributed by atoms with Crippen molar-refractivity contribution in [2.75, 3.05) is 5.32 Å². The maximum atomic E-state index is 12.2. The SMILES string of the molecule is O=C(Nc1nc2ccccc2s1)c1ccc(Cl)cc1Br. The van der Waals surface area contributed by atoms with E-state index in [1.54, 1.807) is 18.2 Å². The summed E-state index contributed by atoms with van der Waals surface area (Å²) < 4.78 is 1.70. The van der Waals surface area contributed by atoms with E-state index in [9.17, 15) is 4.79 Å². The molecule has 0 saturated carbocycles. The van der Waals surface area contributed by atoms with Crippen molar-refractivity contribution in [1.82, 2.24) is 4.98 Å². The third kappa shape index (κ3) is 2.70. The van der Waals surface area contributed by atoms with Gasteiger partial charge in [0.2, 0.25) is 0 Å². The molecule has 0 fully saturated rings. The summed E-state index contributed by atoms with van der Waals surface area (Å²) in [4.78, 5) is 16.6. The van der Waals surface area contributed by atoms with Gasteiger partial charge in [-0.15, -0.1) is 0 Å². The summed E-state index contributed by atoms with van der Waals surface area (Å²) in [6.45, 7) is 0. The molecule has 0 saturated heterocycles. The Balaban J connectivity index is 1.88. The quantitative estimate of drug-likeness (QED) is 0.695. The van der Waals surface area contributed by atoms with E-state index in [2.05, 4.69) is 26.2 Å². The fraction of sp³-hybridized carbons (Fsp3) is 0. The number of hydrogen-bond acceptors (Lipinski definition) is 3. The van der Waals surface area contributed by atoms with E-state index in [1.807, 2.05) is 24.3 Å². The van der Waals surface area contributed by atoms with Crippen molar-refractivity contribution in [3.63, 3.8) is 0 Å². The van der Waals surface area contributed by atoms with Gasteiger partial charge in [-0.05, 0) is 46.3 Å². The number of thiazole rings is 1. The lowest BCUT2D eigenvalue weighted by Crippen LogP contribution is -2.12. The monoisotopic (exact) mass is 366 g/mol. The molecule has 0 unspecified atom stereocenters. The molecule has 0 aliphatic carbocycles. The maximum Gasteiger partial charge on any atom is 0.258 e. The predicted octanol–water partition coefficient (Wildman–Crippen LogP) is 4.96. The second-order valence-electron chi connectivity index (χ2n) is 4.07. The Morgan fingerprint density at radius 1 is 1.25 bits per heavy atom. The highest BCUT2D eigenvalue weighted by Crippen LogP contribution is 2.27. The summed E-state index contributed by atoms with van der Waals surface area (Å²) in [6.07, 6.45) is 0. The molecular formula is C14H8BrClN2OS. The van der Waals surface area contributed by atoms with Crippen LogP contribution in [0.25, 0.3) is 10.2 Å². The highest BCUT2D eigenvalue weighted by Gasteiger charge is 2.12. The van der Waals surface area contributed by atoms with Crippen LogP contribution >= 0.6 is 38.9 Å². The van der Waals surface area contributed by atoms with Crippen LogP contribution in [0.4, 0.5) is 5.13 Å². The first-order valence-corrected chi connectivity index (χ1v) is 7.74. The second kappa shape index (κ2) is 5.52. The normalized spacial score (nSPS) is 10.7. The average molecular weight is 368 g/mol. The van der Waals surface area contributed by atoms with Gasteiger partial charge >= 0.3 is 0 Å². The van der Waals surface area contributed by atoms with E-state index in [-0.39, 0.29) is 5.91 Å². The molecule has 0 aliphatic heterocycles. The number of para-hydroxylation sites is 1. The van der Waals surface area contributed by atoms with Crippen molar-refractivity contribution in [2.45, 2.75) is 0 Å². The minimum atomic E-state index is -0.215. The number of nitrogens with zero attached hydrogens (tertiary/aromatic N) is 1. The molecule has 2 aromatic carbocycles. The van der Waals surface area contributed by atoms with Crippen LogP contribution in [0.1, 0.15) is 10.4 Å². The van der Waals surface area contributed by atoms with Crippen molar-refractivity contribution in [3.05, 3.63) is 57.5 Å². The van der Waals surface area contributed by atoms with Crippen molar-refractivity contribution in [3.8, 4) is 0 Å². The van der Waals surface area contributed by atoms with Gasteiger partial charge in [0, 0.05) is 9.50 Å². The standard InChI is InChI=1S/C14H8BrClN2OS/c15-10-7-8(16)5-6-9(10)13(19)18-14-17-11-3-1-2-4-12(11)20-14/h1-7H,(H,17,18,19). The number of benzene rings is 2. The number of carbonyl (C=O) groups is 1. The number of fused-ring (bicyclic) bond motifs is 1. The zero-order valence-electron chi connectivity index (χ0n) is 10.1. The molecule has 1 amide bonds. The summed E-state index contributed by atoms with van der Waals surface area (Å²) in [5.41, 5.74) is 1.40. The van der Waals surface area contributed by atoms with Crippen molar-refractivity contribution in [2.24, 2.45) is 0 Å². The molecule has 0 bridgehead atoms. The first kappa shape index (κ1) is 13.5. The molecule has 0 radical (unpaired) electrons. The van der Waals surface area contributed by atoms with Gasteiger partial charge in [0.05, 0.1) is 15.8 Å². The fourth-order valence-corrected chi connectivity index (χ4v) is 3.49. The van der Waals surface area contributed by atoms with Crippen LogP contribution in [0.2, 0.25) is 5.02 Å². The molecule has 1 aromatic heterocycles. The first-order valence-electron chi connectivity index (χ1n) is 5.75. The highest BCUT2D eigenvalue weighted by molar-refractivity contribution is 9.10. The van der Waals surface area contributed by atoms with E-state index < -0.39 is 0 Å². The molecule has 100 valence electrons. The summed E-state index contributed by atoms with van der Waals surface area (Å²) in [7, 11) is 0. The predicted molar refractivity (Wildman–Crippen MR) is 86.7 cm³/mol. The van der Waals surface area contributed by atoms with Crippen LogP contribution in [0.5, 0.6) is 0 Å². The van der Waals surface area contributed by atoms with Crippen LogP contribution in [0.15, 0.2) is 46.9 Å². The zero-order chi connectivity index (χ0) is 14.1. The number of nitrogens with one attached hydrogen (secondary N) is 1. The van der Waals surface area contributed by atoms with Crippen molar-refractivity contribution < 1.29 is 4.79 Å². The summed E-state index contributed by atoms with van der Waals surface area (Å²) in [5, 5.41) is 3.96. The summed E-state index contributed by atoms with van der Waals surface area (Å²) in [6, 6.07) is 12.8. The molecule has 0 spiro atoms. The lowest BCUT2D eigenvalue weighted by atomic mass is 10.2. The Hall–Kier alpha value is -1.43. The molecule has 0 atom stereocenters. The van der Waals surface area contributed by atoms with E-state index >= 15 is 0 Å². The topological polar surface area (TPSA) is 42.0 Å². The number of halogens is 2. The molecule has 6 heteroatoms. The number of anilines is 1. The van der Waals surface area contributed by atoms with Gasteiger partial charge in [-0.3, -0.25) is 10.1 Å².